The molecule has 0 aliphatic carbocycles. The summed E-state index contributed by atoms with van der Waals surface area (Å²) in [6.45, 7) is 5.29. The molecule has 9 heteroatoms. The summed E-state index contributed by atoms with van der Waals surface area (Å²) in [5.74, 6) is -0.620. The first-order valence-electron chi connectivity index (χ1n) is 9.34. The molecule has 2 heterocycles. The molecule has 2 aromatic heterocycles. The van der Waals surface area contributed by atoms with Crippen molar-refractivity contribution in [1.29, 1.82) is 0 Å². The van der Waals surface area contributed by atoms with Crippen molar-refractivity contribution in [3.63, 3.8) is 0 Å². The van der Waals surface area contributed by atoms with E-state index in [4.69, 9.17) is 0 Å². The lowest BCUT2D eigenvalue weighted by Crippen LogP contribution is -2.33. The summed E-state index contributed by atoms with van der Waals surface area (Å²) in [6.07, 6.45) is 0. The minimum Gasteiger partial charge on any atom is -0.344 e. The first-order valence-corrected chi connectivity index (χ1v) is 10.2. The quantitative estimate of drug-likeness (QED) is 0.678. The number of nitrogens with zero attached hydrogens (tertiary/aromatic N) is 4. The number of hydrogen-bond donors (Lipinski definition) is 1. The predicted molar refractivity (Wildman–Crippen MR) is 117 cm³/mol. The molecule has 0 saturated heterocycles. The number of carbonyl (C=O) groups excluding carboxylic acids is 2. The Balaban J connectivity index is 1.83. The van der Waals surface area contributed by atoms with Crippen molar-refractivity contribution in [2.24, 2.45) is 0 Å². The number of carbonyl (C=O) groups is 2. The summed E-state index contributed by atoms with van der Waals surface area (Å²) in [4.78, 5) is 43.4. The highest BCUT2D eigenvalue weighted by Crippen LogP contribution is 2.24. The van der Waals surface area contributed by atoms with Crippen LogP contribution in [0.15, 0.2) is 41.2 Å². The molecule has 1 unspecified atom stereocenters. The number of nitrogens with one attached hydrogen (secondary N) is 1. The molecule has 156 valence electrons. The van der Waals surface area contributed by atoms with E-state index in [1.165, 1.54) is 11.0 Å². The van der Waals surface area contributed by atoms with Crippen LogP contribution in [0.3, 0.4) is 0 Å². The van der Waals surface area contributed by atoms with E-state index in [0.29, 0.717) is 21.4 Å². The van der Waals surface area contributed by atoms with Crippen LogP contribution in [0.5, 0.6) is 0 Å². The topological polar surface area (TPSA) is 97.2 Å². The number of anilines is 1. The van der Waals surface area contributed by atoms with Crippen molar-refractivity contribution in [1.82, 2.24) is 19.7 Å². The van der Waals surface area contributed by atoms with Crippen molar-refractivity contribution in [2.45, 2.75) is 26.8 Å². The number of amides is 2. The highest BCUT2D eigenvalue weighted by Gasteiger charge is 2.22. The fraction of sp³-hybridized carbons (Fsp3) is 0.286. The molecule has 2 amide bonds. The van der Waals surface area contributed by atoms with Gasteiger partial charge in [-0.1, -0.05) is 41.2 Å². The molecule has 0 spiro atoms. The minimum atomic E-state index is -0.861. The standard InChI is InChI=1S/C21H23N5O3S/c1-12-6-8-15(9-7-12)16-10-11-17(27)26(24-16)14(3)19(28)23-21-22-13(2)18(30-21)20(29)25(4)5/h6-11,14H,1-5H3,(H,22,23,28). The maximum atomic E-state index is 12.7. The van der Waals surface area contributed by atoms with Gasteiger partial charge in [0.15, 0.2) is 5.13 Å². The number of rotatable bonds is 5. The maximum absolute atomic E-state index is 12.7. The molecule has 3 rings (SSSR count). The summed E-state index contributed by atoms with van der Waals surface area (Å²) in [5, 5.41) is 7.36. The molecule has 1 aromatic carbocycles. The number of thiazole rings is 1. The second-order valence-corrected chi connectivity index (χ2v) is 8.16. The summed E-state index contributed by atoms with van der Waals surface area (Å²) >= 11 is 1.10. The van der Waals surface area contributed by atoms with Crippen LogP contribution in [0.1, 0.15) is 33.9 Å². The van der Waals surface area contributed by atoms with Gasteiger partial charge in [-0.15, -0.1) is 0 Å². The van der Waals surface area contributed by atoms with Crippen molar-refractivity contribution in [2.75, 3.05) is 19.4 Å². The first kappa shape index (κ1) is 21.4. The smallest absolute Gasteiger partial charge is 0.267 e. The van der Waals surface area contributed by atoms with E-state index < -0.39 is 11.9 Å². The molecule has 3 aromatic rings. The van der Waals surface area contributed by atoms with Crippen LogP contribution in [0.25, 0.3) is 11.3 Å². The highest BCUT2D eigenvalue weighted by atomic mass is 32.1. The van der Waals surface area contributed by atoms with Crippen LogP contribution in [-0.4, -0.2) is 45.6 Å². The van der Waals surface area contributed by atoms with E-state index in [9.17, 15) is 14.4 Å². The minimum absolute atomic E-state index is 0.178. The van der Waals surface area contributed by atoms with Gasteiger partial charge in [0, 0.05) is 25.7 Å². The van der Waals surface area contributed by atoms with Gasteiger partial charge in [0.05, 0.1) is 11.4 Å². The molecule has 0 fully saturated rings. The third kappa shape index (κ3) is 4.46. The summed E-state index contributed by atoms with van der Waals surface area (Å²) < 4.78 is 1.15. The van der Waals surface area contributed by atoms with Crippen LogP contribution in [0, 0.1) is 13.8 Å². The van der Waals surface area contributed by atoms with Crippen molar-refractivity contribution < 1.29 is 9.59 Å². The molecule has 0 saturated carbocycles. The van der Waals surface area contributed by atoms with Gasteiger partial charge in [-0.25, -0.2) is 9.67 Å². The fourth-order valence-corrected chi connectivity index (χ4v) is 3.74. The fourth-order valence-electron chi connectivity index (χ4n) is 2.75. The predicted octanol–water partition coefficient (Wildman–Crippen LogP) is 2.89. The SMILES string of the molecule is Cc1ccc(-c2ccc(=O)n(C(C)C(=O)Nc3nc(C)c(C(=O)N(C)C)s3)n2)cc1. The second kappa shape index (κ2) is 8.58. The third-order valence-electron chi connectivity index (χ3n) is 4.55. The Bertz CT molecular complexity index is 1150. The Morgan fingerprint density at radius 2 is 1.77 bits per heavy atom. The number of aryl methyl sites for hydroxylation is 2. The van der Waals surface area contributed by atoms with Gasteiger partial charge in [-0.2, -0.15) is 5.10 Å². The van der Waals surface area contributed by atoms with Gasteiger partial charge in [0.1, 0.15) is 10.9 Å². The lowest BCUT2D eigenvalue weighted by molar-refractivity contribution is -0.119. The van der Waals surface area contributed by atoms with E-state index in [-0.39, 0.29) is 11.5 Å². The van der Waals surface area contributed by atoms with Crippen molar-refractivity contribution in [3.05, 3.63) is 62.9 Å². The Morgan fingerprint density at radius 1 is 1.10 bits per heavy atom. The number of hydrogen-bond acceptors (Lipinski definition) is 6. The maximum Gasteiger partial charge on any atom is 0.267 e. The Kier molecular flexibility index (Phi) is 6.12. The summed E-state index contributed by atoms with van der Waals surface area (Å²) in [7, 11) is 3.31. The van der Waals surface area contributed by atoms with E-state index in [1.807, 2.05) is 31.2 Å². The molecular formula is C21H23N5O3S. The molecule has 1 N–H and O–H groups in total. The van der Waals surface area contributed by atoms with Crippen LogP contribution in [0.4, 0.5) is 5.13 Å². The van der Waals surface area contributed by atoms with Crippen LogP contribution in [-0.2, 0) is 4.79 Å². The lowest BCUT2D eigenvalue weighted by atomic mass is 10.1. The van der Waals surface area contributed by atoms with Crippen LogP contribution < -0.4 is 10.9 Å². The zero-order chi connectivity index (χ0) is 22.0. The first-order chi connectivity index (χ1) is 14.2. The van der Waals surface area contributed by atoms with E-state index in [1.54, 1.807) is 34.0 Å². The van der Waals surface area contributed by atoms with Gasteiger partial charge < -0.3 is 10.2 Å². The molecule has 0 aliphatic rings. The lowest BCUT2D eigenvalue weighted by Gasteiger charge is -2.14. The van der Waals surface area contributed by atoms with Gasteiger partial charge in [0.25, 0.3) is 17.4 Å². The van der Waals surface area contributed by atoms with Crippen LogP contribution in [0.2, 0.25) is 0 Å². The van der Waals surface area contributed by atoms with Crippen molar-refractivity contribution >= 4 is 28.3 Å². The van der Waals surface area contributed by atoms with Gasteiger partial charge in [0.2, 0.25) is 0 Å². The largest absolute Gasteiger partial charge is 0.344 e. The Morgan fingerprint density at radius 3 is 2.40 bits per heavy atom. The number of aromatic nitrogens is 3. The summed E-state index contributed by atoms with van der Waals surface area (Å²) in [5.41, 5.74) is 2.72. The third-order valence-corrected chi connectivity index (χ3v) is 5.61. The average Bonchev–Trinajstić information content (AvgIpc) is 3.07. The molecule has 30 heavy (non-hydrogen) atoms. The zero-order valence-electron chi connectivity index (χ0n) is 17.5. The molecule has 8 nitrogen and oxygen atoms in total. The molecule has 0 aliphatic heterocycles. The van der Waals surface area contributed by atoms with Crippen molar-refractivity contribution in [3.8, 4) is 11.3 Å². The monoisotopic (exact) mass is 425 g/mol. The summed E-state index contributed by atoms with van der Waals surface area (Å²) in [6, 6.07) is 9.92. The molecule has 1 atom stereocenters. The zero-order valence-corrected chi connectivity index (χ0v) is 18.3. The molecular weight excluding hydrogens is 402 g/mol. The molecule has 0 bridgehead atoms. The normalized spacial score (nSPS) is 11.8. The van der Waals surface area contributed by atoms with Gasteiger partial charge in [-0.3, -0.25) is 14.4 Å². The second-order valence-electron chi connectivity index (χ2n) is 7.17. The Hall–Kier alpha value is -3.33. The van der Waals surface area contributed by atoms with Crippen LogP contribution >= 0.6 is 11.3 Å². The molecule has 0 radical (unpaired) electrons. The Labute approximate surface area is 178 Å². The van der Waals surface area contributed by atoms with E-state index in [2.05, 4.69) is 15.4 Å². The number of benzene rings is 1. The highest BCUT2D eigenvalue weighted by molar-refractivity contribution is 7.17. The van der Waals surface area contributed by atoms with E-state index >= 15 is 0 Å². The van der Waals surface area contributed by atoms with Gasteiger partial charge in [-0.05, 0) is 26.8 Å². The average molecular weight is 426 g/mol. The van der Waals surface area contributed by atoms with E-state index in [0.717, 1.165) is 27.1 Å². The van der Waals surface area contributed by atoms with Gasteiger partial charge >= 0.3 is 0 Å².